The van der Waals surface area contributed by atoms with Crippen molar-refractivity contribution in [1.82, 2.24) is 20.4 Å². The van der Waals surface area contributed by atoms with Crippen LogP contribution in [-0.2, 0) is 0 Å². The first-order chi connectivity index (χ1) is 9.74. The van der Waals surface area contributed by atoms with E-state index in [1.165, 1.54) is 25.8 Å². The molecule has 20 heavy (non-hydrogen) atoms. The number of hydrogen-bond donors (Lipinski definition) is 2. The summed E-state index contributed by atoms with van der Waals surface area (Å²) >= 11 is 0. The Morgan fingerprint density at radius 2 is 2.25 bits per heavy atom. The van der Waals surface area contributed by atoms with E-state index in [9.17, 15) is 4.79 Å². The number of nitrogens with zero attached hydrogens (tertiary/aromatic N) is 3. The average Bonchev–Trinajstić information content (AvgIpc) is 2.53. The fourth-order valence-corrected chi connectivity index (χ4v) is 2.61. The molecule has 0 spiro atoms. The first-order valence-corrected chi connectivity index (χ1v) is 7.28. The fourth-order valence-electron chi connectivity index (χ4n) is 2.61. The highest BCUT2D eigenvalue weighted by Gasteiger charge is 2.20. The Morgan fingerprint density at radius 3 is 2.90 bits per heavy atom. The fraction of sp³-hybridized carbons (Fsp3) is 0.643. The molecular weight excluding hydrogens is 254 g/mol. The Morgan fingerprint density at radius 1 is 1.40 bits per heavy atom. The van der Waals surface area contributed by atoms with E-state index >= 15 is 0 Å². The summed E-state index contributed by atoms with van der Waals surface area (Å²) in [6.45, 7) is 5.36. The van der Waals surface area contributed by atoms with Gasteiger partial charge in [-0.15, -0.1) is 10.2 Å². The molecule has 2 heterocycles. The van der Waals surface area contributed by atoms with Crippen LogP contribution < -0.4 is 10.6 Å². The van der Waals surface area contributed by atoms with Crippen LogP contribution in [0.4, 0.5) is 5.82 Å². The summed E-state index contributed by atoms with van der Waals surface area (Å²) in [4.78, 5) is 13.9. The lowest BCUT2D eigenvalue weighted by Crippen LogP contribution is -2.43. The van der Waals surface area contributed by atoms with Crippen LogP contribution in [-0.4, -0.2) is 53.7 Å². The Kier molecular flexibility index (Phi) is 5.29. The zero-order valence-electron chi connectivity index (χ0n) is 12.2. The topological polar surface area (TPSA) is 70.2 Å². The van der Waals surface area contributed by atoms with E-state index in [2.05, 4.69) is 32.7 Å². The third kappa shape index (κ3) is 3.66. The molecule has 6 nitrogen and oxygen atoms in total. The van der Waals surface area contributed by atoms with Gasteiger partial charge >= 0.3 is 0 Å². The second kappa shape index (κ2) is 7.19. The lowest BCUT2D eigenvalue weighted by molar-refractivity contribution is 0.0957. The molecule has 1 fully saturated rings. The molecule has 2 N–H and O–H groups in total. The van der Waals surface area contributed by atoms with Gasteiger partial charge in [0, 0.05) is 19.6 Å². The zero-order valence-corrected chi connectivity index (χ0v) is 12.2. The van der Waals surface area contributed by atoms with Gasteiger partial charge in [-0.05, 0) is 38.1 Å². The van der Waals surface area contributed by atoms with Crippen molar-refractivity contribution in [3.05, 3.63) is 17.8 Å². The normalized spacial score (nSPS) is 19.6. The predicted molar refractivity (Wildman–Crippen MR) is 78.8 cm³/mol. The summed E-state index contributed by atoms with van der Waals surface area (Å²) in [5, 5.41) is 13.8. The molecule has 0 aromatic carbocycles. The van der Waals surface area contributed by atoms with E-state index < -0.39 is 0 Å². The molecule has 0 aliphatic carbocycles. The third-order valence-corrected chi connectivity index (χ3v) is 3.80. The minimum Gasteiger partial charge on any atom is -0.367 e. The smallest absolute Gasteiger partial charge is 0.271 e. The lowest BCUT2D eigenvalue weighted by Gasteiger charge is -2.34. The molecule has 0 saturated carbocycles. The van der Waals surface area contributed by atoms with Crippen LogP contribution in [0.2, 0.25) is 0 Å². The molecule has 1 aromatic rings. The molecule has 1 amide bonds. The maximum Gasteiger partial charge on any atom is 0.271 e. The summed E-state index contributed by atoms with van der Waals surface area (Å²) in [6, 6.07) is 4.05. The molecule has 0 bridgehead atoms. The Labute approximate surface area is 120 Å². The van der Waals surface area contributed by atoms with Crippen molar-refractivity contribution in [1.29, 1.82) is 0 Å². The summed E-state index contributed by atoms with van der Waals surface area (Å²) in [6.07, 6.45) is 3.82. The number of hydrogen-bond acceptors (Lipinski definition) is 5. The lowest BCUT2D eigenvalue weighted by atomic mass is 10.0. The number of amides is 1. The standard InChI is InChI=1S/C14H23N5O/c1-3-19-9-5-4-6-11(19)10-16-13-8-7-12(17-18-13)14(20)15-2/h7-8,11H,3-6,9-10H2,1-2H3,(H,15,20)(H,16,18). The van der Waals surface area contributed by atoms with Crippen molar-refractivity contribution in [3.63, 3.8) is 0 Å². The summed E-state index contributed by atoms with van der Waals surface area (Å²) in [5.41, 5.74) is 0.339. The number of nitrogens with one attached hydrogen (secondary N) is 2. The van der Waals surface area contributed by atoms with Gasteiger partial charge in [-0.3, -0.25) is 9.69 Å². The van der Waals surface area contributed by atoms with E-state index in [4.69, 9.17) is 0 Å². The van der Waals surface area contributed by atoms with Gasteiger partial charge in [0.1, 0.15) is 5.82 Å². The van der Waals surface area contributed by atoms with E-state index in [0.29, 0.717) is 11.7 Å². The van der Waals surface area contributed by atoms with Crippen LogP contribution in [0.5, 0.6) is 0 Å². The Bertz CT molecular complexity index is 434. The van der Waals surface area contributed by atoms with E-state index in [0.717, 1.165) is 18.9 Å². The molecule has 1 aliphatic rings. The Hall–Kier alpha value is -1.69. The predicted octanol–water partition coefficient (Wildman–Crippen LogP) is 1.12. The highest BCUT2D eigenvalue weighted by molar-refractivity contribution is 5.91. The highest BCUT2D eigenvalue weighted by atomic mass is 16.1. The molecule has 1 atom stereocenters. The van der Waals surface area contributed by atoms with Crippen LogP contribution in [0, 0.1) is 0 Å². The number of carbonyl (C=O) groups is 1. The van der Waals surface area contributed by atoms with Crippen molar-refractivity contribution >= 4 is 11.7 Å². The SMILES string of the molecule is CCN1CCCCC1CNc1ccc(C(=O)NC)nn1. The third-order valence-electron chi connectivity index (χ3n) is 3.80. The number of piperidine rings is 1. The van der Waals surface area contributed by atoms with Gasteiger partial charge in [0.05, 0.1) is 0 Å². The first-order valence-electron chi connectivity index (χ1n) is 7.28. The maximum atomic E-state index is 11.4. The van der Waals surface area contributed by atoms with Gasteiger partial charge in [0.2, 0.25) is 0 Å². The van der Waals surface area contributed by atoms with Crippen LogP contribution in [0.3, 0.4) is 0 Å². The first kappa shape index (κ1) is 14.7. The van der Waals surface area contributed by atoms with Crippen LogP contribution in [0.25, 0.3) is 0 Å². The van der Waals surface area contributed by atoms with E-state index in [-0.39, 0.29) is 5.91 Å². The van der Waals surface area contributed by atoms with Crippen molar-refractivity contribution in [2.45, 2.75) is 32.2 Å². The van der Waals surface area contributed by atoms with Gasteiger partial charge in [0.15, 0.2) is 5.69 Å². The molecule has 1 aliphatic heterocycles. The van der Waals surface area contributed by atoms with Crippen LogP contribution >= 0.6 is 0 Å². The molecule has 1 unspecified atom stereocenters. The number of aromatic nitrogens is 2. The molecule has 1 aromatic heterocycles. The number of likely N-dealkylation sites (N-methyl/N-ethyl adjacent to an activating group) is 1. The minimum atomic E-state index is -0.214. The van der Waals surface area contributed by atoms with E-state index in [1.807, 2.05) is 0 Å². The average molecular weight is 277 g/mol. The van der Waals surface area contributed by atoms with Crippen molar-refractivity contribution in [2.75, 3.05) is 32.0 Å². The summed E-state index contributed by atoms with van der Waals surface area (Å²) in [7, 11) is 1.58. The van der Waals surface area contributed by atoms with Crippen molar-refractivity contribution in [2.24, 2.45) is 0 Å². The summed E-state index contributed by atoms with van der Waals surface area (Å²) < 4.78 is 0. The van der Waals surface area contributed by atoms with Gasteiger partial charge in [0.25, 0.3) is 5.91 Å². The number of rotatable bonds is 5. The molecule has 2 rings (SSSR count). The number of likely N-dealkylation sites (tertiary alicyclic amines) is 1. The number of carbonyl (C=O) groups excluding carboxylic acids is 1. The van der Waals surface area contributed by atoms with Gasteiger partial charge in [-0.1, -0.05) is 13.3 Å². The van der Waals surface area contributed by atoms with Gasteiger partial charge in [-0.2, -0.15) is 0 Å². The minimum absolute atomic E-state index is 0.214. The van der Waals surface area contributed by atoms with Crippen LogP contribution in [0.15, 0.2) is 12.1 Å². The van der Waals surface area contributed by atoms with Crippen molar-refractivity contribution in [3.8, 4) is 0 Å². The molecule has 0 radical (unpaired) electrons. The molecule has 1 saturated heterocycles. The number of anilines is 1. The molecular formula is C14H23N5O. The van der Waals surface area contributed by atoms with Crippen molar-refractivity contribution < 1.29 is 4.79 Å². The van der Waals surface area contributed by atoms with Crippen LogP contribution in [0.1, 0.15) is 36.7 Å². The largest absolute Gasteiger partial charge is 0.367 e. The maximum absolute atomic E-state index is 11.4. The highest BCUT2D eigenvalue weighted by Crippen LogP contribution is 2.16. The van der Waals surface area contributed by atoms with E-state index in [1.54, 1.807) is 19.2 Å². The Balaban J connectivity index is 1.88. The zero-order chi connectivity index (χ0) is 14.4. The van der Waals surface area contributed by atoms with Gasteiger partial charge < -0.3 is 10.6 Å². The quantitative estimate of drug-likeness (QED) is 0.844. The molecule has 110 valence electrons. The second-order valence-corrected chi connectivity index (χ2v) is 5.04. The van der Waals surface area contributed by atoms with Gasteiger partial charge in [-0.25, -0.2) is 0 Å². The molecule has 6 heteroatoms. The second-order valence-electron chi connectivity index (χ2n) is 5.04. The summed E-state index contributed by atoms with van der Waals surface area (Å²) in [5.74, 6) is 0.507. The monoisotopic (exact) mass is 277 g/mol.